The van der Waals surface area contributed by atoms with Crippen molar-refractivity contribution in [1.29, 1.82) is 0 Å². The molecule has 1 aliphatic heterocycles. The number of hydrogen-bond donors (Lipinski definition) is 4. The van der Waals surface area contributed by atoms with Crippen molar-refractivity contribution in [3.8, 4) is 0 Å². The first-order chi connectivity index (χ1) is 19.0. The minimum atomic E-state index is -5.08. The molecule has 2 aromatic rings. The number of nitrogens with zero attached hydrogens (tertiary/aromatic N) is 2. The lowest BCUT2D eigenvalue weighted by molar-refractivity contribution is -0.193. The van der Waals surface area contributed by atoms with Crippen LogP contribution < -0.4 is 5.73 Å². The Bertz CT molecular complexity index is 1120. The van der Waals surface area contributed by atoms with Crippen LogP contribution in [0.2, 0.25) is 0 Å². The number of carboxylic acids is 2. The first kappa shape index (κ1) is 35.6. The number of unbranched alkanes of at least 4 members (excludes halogenated alkanes) is 1. The molecule has 1 saturated heterocycles. The first-order valence-electron chi connectivity index (χ1n) is 12.5. The second kappa shape index (κ2) is 16.1. The van der Waals surface area contributed by atoms with E-state index in [2.05, 4.69) is 11.8 Å². The lowest BCUT2D eigenvalue weighted by Gasteiger charge is -2.42. The maximum absolute atomic E-state index is 13.3. The molecular formula is C26H33F6N3O6. The second-order valence-electron chi connectivity index (χ2n) is 9.12. The summed E-state index contributed by atoms with van der Waals surface area (Å²) in [5.74, 6) is -5.40. The van der Waals surface area contributed by atoms with Gasteiger partial charge in [-0.05, 0) is 23.3 Å². The number of carboxylic acid groups (broad SMARTS) is 2. The van der Waals surface area contributed by atoms with Gasteiger partial charge in [0.2, 0.25) is 0 Å². The predicted octanol–water partition coefficient (Wildman–Crippen LogP) is 3.74. The van der Waals surface area contributed by atoms with Gasteiger partial charge in [0.25, 0.3) is 5.91 Å². The molecule has 0 aliphatic carbocycles. The fraction of sp³-hybridized carbons (Fsp3) is 0.500. The van der Waals surface area contributed by atoms with Crippen molar-refractivity contribution in [2.75, 3.05) is 32.8 Å². The van der Waals surface area contributed by atoms with E-state index in [1.807, 2.05) is 47.4 Å². The van der Waals surface area contributed by atoms with E-state index in [9.17, 15) is 36.2 Å². The van der Waals surface area contributed by atoms with Crippen LogP contribution in [-0.4, -0.2) is 100 Å². The first-order valence-corrected chi connectivity index (χ1v) is 12.5. The Balaban J connectivity index is 0.000000497. The number of rotatable bonds is 7. The third-order valence-corrected chi connectivity index (χ3v) is 5.99. The van der Waals surface area contributed by atoms with Gasteiger partial charge in [0, 0.05) is 43.8 Å². The van der Waals surface area contributed by atoms with Gasteiger partial charge in [0.1, 0.15) is 0 Å². The van der Waals surface area contributed by atoms with Gasteiger partial charge in [-0.25, -0.2) is 9.59 Å². The zero-order valence-corrected chi connectivity index (χ0v) is 22.2. The highest BCUT2D eigenvalue weighted by Crippen LogP contribution is 2.23. The fourth-order valence-corrected chi connectivity index (χ4v) is 3.97. The Kier molecular flexibility index (Phi) is 14.0. The molecule has 0 unspecified atom stereocenters. The number of aliphatic hydroxyl groups excluding tert-OH is 1. The largest absolute Gasteiger partial charge is 0.490 e. The van der Waals surface area contributed by atoms with Crippen LogP contribution in [0.3, 0.4) is 0 Å². The van der Waals surface area contributed by atoms with E-state index in [0.29, 0.717) is 19.1 Å². The standard InChI is InChI=1S/C22H31N3O2.2C2HF3O2/c1-2-3-9-19-15-25(13-12-24(19)14-18(23)16-26)22(27)21-11-6-8-17-7-4-5-10-20(17)21;2*3-2(4,5)1(6)7/h4-8,10-11,18-19,26H,2-3,9,12-16,23H2,1H3;2*(H,6,7)/t18-,19+;;/m1../s1. The number of carbonyl (C=O) groups is 3. The predicted molar refractivity (Wildman–Crippen MR) is 137 cm³/mol. The summed E-state index contributed by atoms with van der Waals surface area (Å²) >= 11 is 0. The van der Waals surface area contributed by atoms with E-state index in [1.165, 1.54) is 0 Å². The van der Waals surface area contributed by atoms with Gasteiger partial charge < -0.3 is 26.0 Å². The quantitative estimate of drug-likeness (QED) is 0.354. The molecule has 230 valence electrons. The number of nitrogens with two attached hydrogens (primary N) is 1. The zero-order valence-electron chi connectivity index (χ0n) is 22.2. The van der Waals surface area contributed by atoms with Crippen molar-refractivity contribution in [3.05, 3.63) is 48.0 Å². The number of hydrogen-bond acceptors (Lipinski definition) is 6. The molecule has 0 radical (unpaired) electrons. The summed E-state index contributed by atoms with van der Waals surface area (Å²) < 4.78 is 63.5. The van der Waals surface area contributed by atoms with Crippen LogP contribution in [-0.2, 0) is 9.59 Å². The van der Waals surface area contributed by atoms with E-state index < -0.39 is 24.3 Å². The zero-order chi connectivity index (χ0) is 31.4. The molecule has 1 fully saturated rings. The van der Waals surface area contributed by atoms with Crippen LogP contribution in [0.4, 0.5) is 26.3 Å². The molecule has 2 aromatic carbocycles. The number of carbonyl (C=O) groups excluding carboxylic acids is 1. The van der Waals surface area contributed by atoms with Crippen molar-refractivity contribution in [2.45, 2.75) is 50.6 Å². The molecule has 0 spiro atoms. The monoisotopic (exact) mass is 597 g/mol. The minimum absolute atomic E-state index is 0.00432. The van der Waals surface area contributed by atoms with Crippen LogP contribution in [0.15, 0.2) is 42.5 Å². The number of piperazine rings is 1. The number of aliphatic hydroxyl groups is 1. The lowest BCUT2D eigenvalue weighted by atomic mass is 10.0. The minimum Gasteiger partial charge on any atom is -0.475 e. The molecule has 1 heterocycles. The average molecular weight is 598 g/mol. The SMILES string of the molecule is CCCC[C@H]1CN(C(=O)c2cccc3ccccc23)CCN1C[C@@H](N)CO.O=C(O)C(F)(F)F.O=C(O)C(F)(F)F. The smallest absolute Gasteiger partial charge is 0.475 e. The van der Waals surface area contributed by atoms with Crippen molar-refractivity contribution < 1.29 is 56.0 Å². The molecule has 1 aliphatic rings. The van der Waals surface area contributed by atoms with E-state index in [-0.39, 0.29) is 18.6 Å². The van der Waals surface area contributed by atoms with E-state index in [0.717, 1.165) is 48.7 Å². The molecule has 41 heavy (non-hydrogen) atoms. The van der Waals surface area contributed by atoms with Crippen LogP contribution in [0.1, 0.15) is 36.5 Å². The van der Waals surface area contributed by atoms with Crippen molar-refractivity contribution in [3.63, 3.8) is 0 Å². The van der Waals surface area contributed by atoms with Gasteiger partial charge in [0.15, 0.2) is 0 Å². The maximum Gasteiger partial charge on any atom is 0.490 e. The van der Waals surface area contributed by atoms with Crippen LogP contribution in [0.5, 0.6) is 0 Å². The lowest BCUT2D eigenvalue weighted by Crippen LogP contribution is -2.57. The summed E-state index contributed by atoms with van der Waals surface area (Å²) in [5.41, 5.74) is 6.75. The third-order valence-electron chi connectivity index (χ3n) is 5.99. The summed E-state index contributed by atoms with van der Waals surface area (Å²) in [6, 6.07) is 14.1. The topological polar surface area (TPSA) is 144 Å². The van der Waals surface area contributed by atoms with Gasteiger partial charge in [-0.15, -0.1) is 0 Å². The number of fused-ring (bicyclic) bond motifs is 1. The maximum atomic E-state index is 13.3. The highest BCUT2D eigenvalue weighted by Gasteiger charge is 2.39. The van der Waals surface area contributed by atoms with E-state index in [1.54, 1.807) is 0 Å². The Hall–Kier alpha value is -3.43. The highest BCUT2D eigenvalue weighted by atomic mass is 19.4. The highest BCUT2D eigenvalue weighted by molar-refractivity contribution is 6.07. The molecule has 15 heteroatoms. The Morgan fingerprint density at radius 1 is 0.951 bits per heavy atom. The molecule has 1 amide bonds. The third kappa shape index (κ3) is 11.9. The fourth-order valence-electron chi connectivity index (χ4n) is 3.97. The Morgan fingerprint density at radius 3 is 2.00 bits per heavy atom. The van der Waals surface area contributed by atoms with Crippen LogP contribution in [0.25, 0.3) is 10.8 Å². The Labute approximate surface area is 232 Å². The molecule has 2 atom stereocenters. The van der Waals surface area contributed by atoms with Gasteiger partial charge in [-0.1, -0.05) is 56.2 Å². The number of amides is 1. The Morgan fingerprint density at radius 2 is 1.49 bits per heavy atom. The molecule has 0 aromatic heterocycles. The second-order valence-corrected chi connectivity index (χ2v) is 9.12. The average Bonchev–Trinajstić information content (AvgIpc) is 2.91. The number of aliphatic carboxylic acids is 2. The van der Waals surface area contributed by atoms with Crippen LogP contribution in [0, 0.1) is 0 Å². The van der Waals surface area contributed by atoms with Crippen molar-refractivity contribution in [2.24, 2.45) is 5.73 Å². The summed E-state index contributed by atoms with van der Waals surface area (Å²) in [5, 5.41) is 25.7. The summed E-state index contributed by atoms with van der Waals surface area (Å²) in [6.07, 6.45) is -6.85. The molecule has 0 bridgehead atoms. The molecule has 5 N–H and O–H groups in total. The number of alkyl halides is 6. The van der Waals surface area contributed by atoms with Gasteiger partial charge >= 0.3 is 24.3 Å². The van der Waals surface area contributed by atoms with E-state index in [4.69, 9.17) is 25.5 Å². The normalized spacial score (nSPS) is 16.6. The summed E-state index contributed by atoms with van der Waals surface area (Å²) in [7, 11) is 0. The molecular weight excluding hydrogens is 564 g/mol. The number of benzene rings is 2. The summed E-state index contributed by atoms with van der Waals surface area (Å²) in [4.78, 5) is 35.4. The van der Waals surface area contributed by atoms with Crippen LogP contribution >= 0.6 is 0 Å². The van der Waals surface area contributed by atoms with Gasteiger partial charge in [-0.3, -0.25) is 9.69 Å². The van der Waals surface area contributed by atoms with E-state index >= 15 is 0 Å². The summed E-state index contributed by atoms with van der Waals surface area (Å²) in [6.45, 7) is 5.09. The van der Waals surface area contributed by atoms with Gasteiger partial charge in [-0.2, -0.15) is 26.3 Å². The molecule has 3 rings (SSSR count). The number of halogens is 6. The molecule has 0 saturated carbocycles. The molecule has 9 nitrogen and oxygen atoms in total. The van der Waals surface area contributed by atoms with Crippen molar-refractivity contribution >= 4 is 28.6 Å². The van der Waals surface area contributed by atoms with Gasteiger partial charge in [0.05, 0.1) is 6.61 Å². The van der Waals surface area contributed by atoms with Crippen molar-refractivity contribution in [1.82, 2.24) is 9.80 Å².